The molecule has 12 nitrogen and oxygen atoms in total. The number of imide groups is 1. The van der Waals surface area contributed by atoms with Crippen LogP contribution in [0.1, 0.15) is 48.0 Å². The van der Waals surface area contributed by atoms with Gasteiger partial charge in [-0.05, 0) is 115 Å². The number of carbonyl (C=O) groups excluding carboxylic acids is 3. The summed E-state index contributed by atoms with van der Waals surface area (Å²) >= 11 is 1.52. The van der Waals surface area contributed by atoms with E-state index in [9.17, 15) is 29.5 Å². The molecule has 0 aliphatic carbocycles. The average molecular weight is 800 g/mol. The van der Waals surface area contributed by atoms with Crippen LogP contribution in [0.25, 0.3) is 20.5 Å². The number of piperidine rings is 2. The van der Waals surface area contributed by atoms with Crippen LogP contribution >= 0.6 is 11.3 Å². The van der Waals surface area contributed by atoms with Crippen LogP contribution in [0.15, 0.2) is 84.9 Å². The lowest BCUT2D eigenvalue weighted by molar-refractivity contribution is -0.136. The monoisotopic (exact) mass is 799 g/mol. The van der Waals surface area contributed by atoms with Gasteiger partial charge in [-0.2, -0.15) is 0 Å². The molecule has 5 heterocycles. The number of thiophene rings is 1. The van der Waals surface area contributed by atoms with Crippen LogP contribution in [0, 0.1) is 5.92 Å². The molecular formula is C44H46BN5O7S. The molecule has 298 valence electrons. The van der Waals surface area contributed by atoms with Crippen molar-refractivity contribution in [2.75, 3.05) is 55.6 Å². The lowest BCUT2D eigenvalue weighted by Gasteiger charge is -2.38. The van der Waals surface area contributed by atoms with Gasteiger partial charge in [-0.15, -0.1) is 11.3 Å². The second-order valence-electron chi connectivity index (χ2n) is 15.8. The van der Waals surface area contributed by atoms with Crippen molar-refractivity contribution in [3.63, 3.8) is 0 Å². The Morgan fingerprint density at radius 1 is 0.793 bits per heavy atom. The SMILES string of the molecule is O=C1CCC(N2Cc3cc(N4CCC(CCN5CCN(c6ccc(Oc7c(-c8ccc(B(O)O)cc8)sc8cc(O)ccc78)cc6)CC5)CC4)ccc3C2=O)C(=O)N1. The van der Waals surface area contributed by atoms with Crippen molar-refractivity contribution in [3.05, 3.63) is 96.1 Å². The van der Waals surface area contributed by atoms with Crippen molar-refractivity contribution in [2.45, 2.75) is 44.7 Å². The number of phenols is 1. The van der Waals surface area contributed by atoms with Gasteiger partial charge in [0.2, 0.25) is 11.8 Å². The molecule has 3 amide bonds. The summed E-state index contributed by atoms with van der Waals surface area (Å²) in [5.41, 5.74) is 5.20. The van der Waals surface area contributed by atoms with Gasteiger partial charge >= 0.3 is 7.12 Å². The highest BCUT2D eigenvalue weighted by Gasteiger charge is 2.39. The van der Waals surface area contributed by atoms with Gasteiger partial charge in [0.05, 0.1) is 4.88 Å². The molecule has 3 saturated heterocycles. The fourth-order valence-electron chi connectivity index (χ4n) is 8.83. The number of phenolic OH excluding ortho intramolecular Hbond substituents is 1. The lowest BCUT2D eigenvalue weighted by Crippen LogP contribution is -2.52. The van der Waals surface area contributed by atoms with Crippen LogP contribution in [0.4, 0.5) is 11.4 Å². The van der Waals surface area contributed by atoms with Crippen LogP contribution in [0.2, 0.25) is 0 Å². The highest BCUT2D eigenvalue weighted by Crippen LogP contribution is 2.47. The Balaban J connectivity index is 0.750. The molecule has 4 N–H and O–H groups in total. The smallest absolute Gasteiger partial charge is 0.488 e. The summed E-state index contributed by atoms with van der Waals surface area (Å²) in [6.07, 6.45) is 4.08. The number of carbonyl (C=O) groups is 3. The normalized spacial score (nSPS) is 19.2. The minimum atomic E-state index is -1.54. The van der Waals surface area contributed by atoms with E-state index < -0.39 is 13.2 Å². The van der Waals surface area contributed by atoms with E-state index in [1.165, 1.54) is 17.8 Å². The van der Waals surface area contributed by atoms with E-state index in [1.807, 2.05) is 42.5 Å². The molecule has 4 aromatic carbocycles. The fourth-order valence-corrected chi connectivity index (χ4v) is 10.0. The third-order valence-corrected chi connectivity index (χ3v) is 13.4. The Hall–Kier alpha value is -5.41. The number of rotatable bonds is 10. The topological polar surface area (TPSA) is 146 Å². The largest absolute Gasteiger partial charge is 0.508 e. The summed E-state index contributed by atoms with van der Waals surface area (Å²) < 4.78 is 7.43. The molecule has 14 heteroatoms. The van der Waals surface area contributed by atoms with Crippen LogP contribution in [-0.4, -0.2) is 102 Å². The summed E-state index contributed by atoms with van der Waals surface area (Å²) in [4.78, 5) is 47.1. The minimum absolute atomic E-state index is 0.132. The molecule has 0 radical (unpaired) electrons. The zero-order valence-electron chi connectivity index (χ0n) is 32.2. The van der Waals surface area contributed by atoms with E-state index in [2.05, 4.69) is 38.2 Å². The maximum atomic E-state index is 13.1. The molecule has 1 atom stereocenters. The molecule has 4 aliphatic rings. The molecular weight excluding hydrogens is 753 g/mol. The van der Waals surface area contributed by atoms with Gasteiger partial charge in [0.1, 0.15) is 17.5 Å². The van der Waals surface area contributed by atoms with Crippen LogP contribution in [-0.2, 0) is 16.1 Å². The van der Waals surface area contributed by atoms with Crippen LogP contribution in [0.5, 0.6) is 17.2 Å². The van der Waals surface area contributed by atoms with Gasteiger partial charge in [0.15, 0.2) is 5.75 Å². The Morgan fingerprint density at radius 2 is 1.52 bits per heavy atom. The predicted molar refractivity (Wildman–Crippen MR) is 226 cm³/mol. The van der Waals surface area contributed by atoms with Crippen molar-refractivity contribution in [2.24, 2.45) is 5.92 Å². The number of ether oxygens (including phenoxy) is 1. The van der Waals surface area contributed by atoms with Gasteiger partial charge in [-0.25, -0.2) is 0 Å². The summed E-state index contributed by atoms with van der Waals surface area (Å²) in [6, 6.07) is 26.0. The van der Waals surface area contributed by atoms with Crippen molar-refractivity contribution < 1.29 is 34.3 Å². The number of hydrogen-bond acceptors (Lipinski definition) is 11. The third-order valence-electron chi connectivity index (χ3n) is 12.2. The van der Waals surface area contributed by atoms with Gasteiger partial charge in [-0.1, -0.05) is 24.3 Å². The first-order chi connectivity index (χ1) is 28.2. The standard InChI is InChI=1S/C44H46BN5O7S/c51-34-8-12-37-39(26-34)58-42(29-1-3-31(4-2-29)45(55)56)41(37)57-35-9-5-32(6-10-35)49-23-21-47(22-24-49)18-15-28-16-19-48(20-17-28)33-7-11-36-30(25-33)27-50(44(36)54)38-13-14-40(52)46-43(38)53/h1-12,25-26,28,38,51,55-56H,13-24,27H2,(H,46,52,53). The first-order valence-electron chi connectivity index (χ1n) is 20.2. The van der Waals surface area contributed by atoms with Crippen LogP contribution in [0.3, 0.4) is 0 Å². The molecule has 1 unspecified atom stereocenters. The number of nitrogens with zero attached hydrogens (tertiary/aromatic N) is 4. The summed E-state index contributed by atoms with van der Waals surface area (Å²) in [7, 11) is -1.54. The Bertz CT molecular complexity index is 2340. The van der Waals surface area contributed by atoms with Crippen molar-refractivity contribution in [1.29, 1.82) is 0 Å². The summed E-state index contributed by atoms with van der Waals surface area (Å²) in [6.45, 7) is 7.42. The number of benzene rings is 4. The Kier molecular flexibility index (Phi) is 10.6. The highest BCUT2D eigenvalue weighted by molar-refractivity contribution is 7.22. The summed E-state index contributed by atoms with van der Waals surface area (Å²) in [5, 5.41) is 32.5. The highest BCUT2D eigenvalue weighted by atomic mass is 32.1. The third kappa shape index (κ3) is 7.77. The minimum Gasteiger partial charge on any atom is -0.508 e. The maximum absolute atomic E-state index is 13.1. The first-order valence-corrected chi connectivity index (χ1v) is 21.0. The number of piperazine rings is 1. The molecule has 4 aliphatic heterocycles. The van der Waals surface area contributed by atoms with Gasteiger partial charge in [-0.3, -0.25) is 24.6 Å². The number of hydrogen-bond donors (Lipinski definition) is 4. The van der Waals surface area contributed by atoms with Crippen LogP contribution < -0.4 is 25.3 Å². The molecule has 58 heavy (non-hydrogen) atoms. The van der Waals surface area contributed by atoms with Crippen molar-refractivity contribution >= 4 is 63.1 Å². The van der Waals surface area contributed by atoms with E-state index in [1.54, 1.807) is 29.2 Å². The van der Waals surface area contributed by atoms with E-state index in [0.29, 0.717) is 41.4 Å². The molecule has 9 rings (SSSR count). The molecule has 0 spiro atoms. The first kappa shape index (κ1) is 38.1. The maximum Gasteiger partial charge on any atom is 0.488 e. The van der Waals surface area contributed by atoms with E-state index in [0.717, 1.165) is 96.1 Å². The zero-order valence-corrected chi connectivity index (χ0v) is 33.0. The number of aromatic hydroxyl groups is 1. The van der Waals surface area contributed by atoms with Crippen molar-refractivity contribution in [1.82, 2.24) is 15.1 Å². The molecule has 1 aromatic heterocycles. The van der Waals surface area contributed by atoms with E-state index in [4.69, 9.17) is 4.74 Å². The number of anilines is 2. The van der Waals surface area contributed by atoms with Gasteiger partial charge < -0.3 is 34.6 Å². The average Bonchev–Trinajstić information content (AvgIpc) is 3.76. The molecule has 5 aromatic rings. The second-order valence-corrected chi connectivity index (χ2v) is 16.9. The fraction of sp³-hybridized carbons (Fsp3) is 0.341. The molecule has 0 bridgehead atoms. The van der Waals surface area contributed by atoms with Gasteiger partial charge in [0.25, 0.3) is 5.91 Å². The number of amides is 3. The van der Waals surface area contributed by atoms with Crippen molar-refractivity contribution in [3.8, 4) is 27.7 Å². The number of nitrogens with one attached hydrogen (secondary N) is 1. The predicted octanol–water partition coefficient (Wildman–Crippen LogP) is 4.94. The quantitative estimate of drug-likeness (QED) is 0.113. The van der Waals surface area contributed by atoms with E-state index >= 15 is 0 Å². The van der Waals surface area contributed by atoms with Gasteiger partial charge in [0, 0.05) is 79.3 Å². The molecule has 0 saturated carbocycles. The van der Waals surface area contributed by atoms with E-state index in [-0.39, 0.29) is 29.9 Å². The second kappa shape index (κ2) is 16.1. The summed E-state index contributed by atoms with van der Waals surface area (Å²) in [5.74, 6) is 1.49. The number of fused-ring (bicyclic) bond motifs is 2. The zero-order chi connectivity index (χ0) is 39.9. The Morgan fingerprint density at radius 3 is 2.24 bits per heavy atom. The molecule has 3 fully saturated rings. The Labute approximate surface area is 341 Å². The lowest BCUT2D eigenvalue weighted by atomic mass is 9.80.